The van der Waals surface area contributed by atoms with E-state index >= 15 is 0 Å². The van der Waals surface area contributed by atoms with Crippen LogP contribution < -0.4 is 5.32 Å². The molecule has 0 saturated carbocycles. The van der Waals surface area contributed by atoms with E-state index in [9.17, 15) is 13.2 Å². The Bertz CT molecular complexity index is 854. The van der Waals surface area contributed by atoms with E-state index in [1.54, 1.807) is 6.07 Å². The Labute approximate surface area is 144 Å². The molecule has 1 aromatic heterocycles. The number of aromatic nitrogens is 1. The Balaban J connectivity index is 2.31. The van der Waals surface area contributed by atoms with Crippen LogP contribution in [0.2, 0.25) is 10.2 Å². The van der Waals surface area contributed by atoms with Crippen LogP contribution in [0.4, 0.5) is 5.69 Å². The lowest BCUT2D eigenvalue weighted by atomic mass is 10.3. The van der Waals surface area contributed by atoms with Gasteiger partial charge in [-0.15, -0.1) is 0 Å². The van der Waals surface area contributed by atoms with E-state index in [4.69, 9.17) is 23.2 Å². The summed E-state index contributed by atoms with van der Waals surface area (Å²) in [7, 11) is -0.742. The summed E-state index contributed by atoms with van der Waals surface area (Å²) in [5.41, 5.74) is 0.260. The molecule has 6 nitrogen and oxygen atoms in total. The molecule has 0 fully saturated rings. The fraction of sp³-hybridized carbons (Fsp3) is 0.143. The topological polar surface area (TPSA) is 79.4 Å². The zero-order valence-corrected chi connectivity index (χ0v) is 14.6. The molecule has 0 aliphatic heterocycles. The summed E-state index contributed by atoms with van der Waals surface area (Å²) in [5, 5.41) is 2.82. The number of amides is 1. The highest BCUT2D eigenvalue weighted by atomic mass is 35.5. The second-order valence-corrected chi connectivity index (χ2v) is 7.68. The maximum Gasteiger partial charge on any atom is 0.275 e. The fourth-order valence-electron chi connectivity index (χ4n) is 1.71. The summed E-state index contributed by atoms with van der Waals surface area (Å²) in [5.74, 6) is -0.586. The van der Waals surface area contributed by atoms with Crippen molar-refractivity contribution in [3.63, 3.8) is 0 Å². The molecule has 1 aromatic carbocycles. The predicted octanol–water partition coefficient (Wildman–Crippen LogP) is 2.89. The van der Waals surface area contributed by atoms with Gasteiger partial charge in [0.1, 0.15) is 10.8 Å². The lowest BCUT2D eigenvalue weighted by molar-refractivity contribution is 0.102. The summed E-state index contributed by atoms with van der Waals surface area (Å²) >= 11 is 11.7. The summed E-state index contributed by atoms with van der Waals surface area (Å²) in [4.78, 5) is 16.1. The third-order valence-corrected chi connectivity index (χ3v) is 5.22. The van der Waals surface area contributed by atoms with Gasteiger partial charge in [0.25, 0.3) is 5.91 Å². The number of anilines is 1. The first-order chi connectivity index (χ1) is 10.7. The van der Waals surface area contributed by atoms with E-state index < -0.39 is 15.9 Å². The number of carbonyl (C=O) groups is 1. The van der Waals surface area contributed by atoms with Gasteiger partial charge in [0.15, 0.2) is 0 Å². The standard InChI is InChI=1S/C14H13Cl2N3O3S/c1-19(2)23(21,22)10-5-3-4-9(8-10)17-14(20)13-11(15)6-7-12(16)18-13/h3-8H,1-2H3,(H,17,20). The number of pyridine rings is 1. The summed E-state index contributed by atoms with van der Waals surface area (Å²) in [6.45, 7) is 0. The van der Waals surface area contributed by atoms with Gasteiger partial charge in [-0.2, -0.15) is 0 Å². The SMILES string of the molecule is CN(C)S(=O)(=O)c1cccc(NC(=O)c2nc(Cl)ccc2Cl)c1. The van der Waals surface area contributed by atoms with Crippen LogP contribution >= 0.6 is 23.2 Å². The molecule has 2 aromatic rings. The number of benzene rings is 1. The second kappa shape index (κ2) is 6.84. The molecule has 0 atom stereocenters. The van der Waals surface area contributed by atoms with Crippen LogP contribution in [0.3, 0.4) is 0 Å². The first kappa shape index (κ1) is 17.7. The van der Waals surface area contributed by atoms with Crippen molar-refractivity contribution in [2.24, 2.45) is 0 Å². The smallest absolute Gasteiger partial charge is 0.275 e. The van der Waals surface area contributed by atoms with Gasteiger partial charge in [-0.3, -0.25) is 4.79 Å². The van der Waals surface area contributed by atoms with Gasteiger partial charge in [-0.1, -0.05) is 29.3 Å². The summed E-state index contributed by atoms with van der Waals surface area (Å²) < 4.78 is 25.3. The molecule has 1 heterocycles. The number of hydrogen-bond donors (Lipinski definition) is 1. The zero-order chi connectivity index (χ0) is 17.2. The highest BCUT2D eigenvalue weighted by Crippen LogP contribution is 2.21. The Hall–Kier alpha value is -1.67. The van der Waals surface area contributed by atoms with Crippen molar-refractivity contribution in [2.75, 3.05) is 19.4 Å². The van der Waals surface area contributed by atoms with E-state index in [0.717, 1.165) is 4.31 Å². The average Bonchev–Trinajstić information content (AvgIpc) is 2.49. The van der Waals surface area contributed by atoms with Gasteiger partial charge < -0.3 is 5.32 Å². The second-order valence-electron chi connectivity index (χ2n) is 4.73. The normalized spacial score (nSPS) is 11.5. The number of carbonyl (C=O) groups excluding carboxylic acids is 1. The molecule has 0 unspecified atom stereocenters. The third-order valence-electron chi connectivity index (χ3n) is 2.90. The molecule has 9 heteroatoms. The highest BCUT2D eigenvalue weighted by Gasteiger charge is 2.18. The molecule has 0 bridgehead atoms. The Kier molecular flexibility index (Phi) is 5.26. The molecule has 1 amide bonds. The molecule has 0 saturated heterocycles. The minimum atomic E-state index is -3.60. The summed E-state index contributed by atoms with van der Waals surface area (Å²) in [6, 6.07) is 8.80. The molecule has 122 valence electrons. The van der Waals surface area contributed by atoms with Gasteiger partial charge in [0.2, 0.25) is 10.0 Å². The van der Waals surface area contributed by atoms with E-state index in [1.807, 2.05) is 0 Å². The van der Waals surface area contributed by atoms with E-state index in [0.29, 0.717) is 5.69 Å². The fourth-order valence-corrected chi connectivity index (χ4v) is 3.00. The van der Waals surface area contributed by atoms with Crippen LogP contribution in [-0.2, 0) is 10.0 Å². The predicted molar refractivity (Wildman–Crippen MR) is 89.5 cm³/mol. The van der Waals surface area contributed by atoms with Crippen molar-refractivity contribution in [3.05, 3.63) is 52.3 Å². The zero-order valence-electron chi connectivity index (χ0n) is 12.2. The largest absolute Gasteiger partial charge is 0.321 e. The molecule has 2 rings (SSSR count). The van der Waals surface area contributed by atoms with Crippen LogP contribution in [0.5, 0.6) is 0 Å². The third kappa shape index (κ3) is 4.00. The lowest BCUT2D eigenvalue weighted by Gasteiger charge is -2.12. The first-order valence-electron chi connectivity index (χ1n) is 6.38. The molecule has 0 radical (unpaired) electrons. The number of nitrogens with zero attached hydrogens (tertiary/aromatic N) is 2. The van der Waals surface area contributed by atoms with Gasteiger partial charge in [-0.25, -0.2) is 17.7 Å². The maximum absolute atomic E-state index is 12.2. The Morgan fingerprint density at radius 1 is 1.17 bits per heavy atom. The van der Waals surface area contributed by atoms with Gasteiger partial charge in [0.05, 0.1) is 9.92 Å². The van der Waals surface area contributed by atoms with Crippen molar-refractivity contribution in [1.29, 1.82) is 0 Å². The van der Waals surface area contributed by atoms with Crippen LogP contribution in [0.25, 0.3) is 0 Å². The molecule has 23 heavy (non-hydrogen) atoms. The molecule has 0 aliphatic rings. The van der Waals surface area contributed by atoms with Crippen molar-refractivity contribution in [2.45, 2.75) is 4.90 Å². The molecule has 1 N–H and O–H groups in total. The minimum absolute atomic E-state index is 0.0416. The number of sulfonamides is 1. The monoisotopic (exact) mass is 373 g/mol. The maximum atomic E-state index is 12.2. The Morgan fingerprint density at radius 3 is 2.52 bits per heavy atom. The number of halogens is 2. The van der Waals surface area contributed by atoms with Crippen molar-refractivity contribution < 1.29 is 13.2 Å². The lowest BCUT2D eigenvalue weighted by Crippen LogP contribution is -2.22. The molecular weight excluding hydrogens is 361 g/mol. The van der Waals surface area contributed by atoms with E-state index in [-0.39, 0.29) is 20.8 Å². The highest BCUT2D eigenvalue weighted by molar-refractivity contribution is 7.89. The van der Waals surface area contributed by atoms with Gasteiger partial charge >= 0.3 is 0 Å². The molecular formula is C14H13Cl2N3O3S. The van der Waals surface area contributed by atoms with E-state index in [1.165, 1.54) is 44.4 Å². The number of nitrogens with one attached hydrogen (secondary N) is 1. The molecule has 0 aliphatic carbocycles. The minimum Gasteiger partial charge on any atom is -0.321 e. The van der Waals surface area contributed by atoms with Crippen LogP contribution in [-0.4, -0.2) is 37.7 Å². The number of rotatable bonds is 4. The van der Waals surface area contributed by atoms with Crippen molar-refractivity contribution in [3.8, 4) is 0 Å². The van der Waals surface area contributed by atoms with Crippen LogP contribution in [0.15, 0.2) is 41.3 Å². The summed E-state index contributed by atoms with van der Waals surface area (Å²) in [6.07, 6.45) is 0. The molecule has 0 spiro atoms. The van der Waals surface area contributed by atoms with Crippen LogP contribution in [0.1, 0.15) is 10.5 Å². The quantitative estimate of drug-likeness (QED) is 0.835. The van der Waals surface area contributed by atoms with Gasteiger partial charge in [-0.05, 0) is 30.3 Å². The van der Waals surface area contributed by atoms with Crippen LogP contribution in [0, 0.1) is 0 Å². The average molecular weight is 374 g/mol. The first-order valence-corrected chi connectivity index (χ1v) is 8.57. The van der Waals surface area contributed by atoms with Gasteiger partial charge in [0, 0.05) is 19.8 Å². The van der Waals surface area contributed by atoms with Crippen molar-refractivity contribution in [1.82, 2.24) is 9.29 Å². The number of hydrogen-bond acceptors (Lipinski definition) is 4. The Morgan fingerprint density at radius 2 is 1.87 bits per heavy atom. The van der Waals surface area contributed by atoms with E-state index in [2.05, 4.69) is 10.3 Å². The van der Waals surface area contributed by atoms with Crippen molar-refractivity contribution >= 4 is 44.8 Å².